The van der Waals surface area contributed by atoms with E-state index in [0.717, 1.165) is 68.2 Å². The number of hydrogen-bond acceptors (Lipinski definition) is 6. The molecule has 5 rings (SSSR count). The second-order valence-corrected chi connectivity index (χ2v) is 9.02. The van der Waals surface area contributed by atoms with Crippen LogP contribution < -0.4 is 17.1 Å². The zero-order valence-electron chi connectivity index (χ0n) is 21.2. The van der Waals surface area contributed by atoms with Crippen molar-refractivity contribution in [1.29, 1.82) is 0 Å². The first-order valence-corrected chi connectivity index (χ1v) is 12.3. The third kappa shape index (κ3) is 4.79. The molecule has 5 N–H and O–H groups in total. The van der Waals surface area contributed by atoms with Gasteiger partial charge in [0.25, 0.3) is 0 Å². The third-order valence-electron chi connectivity index (χ3n) is 6.46. The van der Waals surface area contributed by atoms with E-state index in [-0.39, 0.29) is 0 Å². The van der Waals surface area contributed by atoms with Crippen molar-refractivity contribution >= 4 is 17.0 Å². The van der Waals surface area contributed by atoms with Crippen LogP contribution in [0.25, 0.3) is 33.5 Å². The lowest BCUT2D eigenvalue weighted by atomic mass is 9.95. The Kier molecular flexibility index (Phi) is 6.66. The van der Waals surface area contributed by atoms with Crippen molar-refractivity contribution in [1.82, 2.24) is 25.1 Å². The summed E-state index contributed by atoms with van der Waals surface area (Å²) in [6, 6.07) is 22.4. The van der Waals surface area contributed by atoms with Gasteiger partial charge in [-0.1, -0.05) is 43.3 Å². The highest BCUT2D eigenvalue weighted by atomic mass is 15.5. The largest absolute Gasteiger partial charge is 0.382 e. The number of nitrogens with one attached hydrogen (secondary N) is 1. The topological polar surface area (TPSA) is 120 Å². The fourth-order valence-corrected chi connectivity index (χ4v) is 4.69. The first-order chi connectivity index (χ1) is 18.0. The van der Waals surface area contributed by atoms with E-state index in [1.54, 1.807) is 6.20 Å². The highest BCUT2D eigenvalue weighted by molar-refractivity contribution is 6.04. The number of hydrazine groups is 1. The molecule has 0 unspecified atom stereocenters. The van der Waals surface area contributed by atoms with Crippen LogP contribution in [0.2, 0.25) is 0 Å². The highest BCUT2D eigenvalue weighted by Gasteiger charge is 2.15. The average Bonchev–Trinajstić information content (AvgIpc) is 3.27. The summed E-state index contributed by atoms with van der Waals surface area (Å²) >= 11 is 0. The number of fused-ring (bicyclic) bond motifs is 1. The monoisotopic (exact) mass is 490 g/mol. The Morgan fingerprint density at radius 1 is 0.973 bits per heavy atom. The van der Waals surface area contributed by atoms with Gasteiger partial charge in [-0.15, -0.1) is 5.10 Å². The molecule has 0 saturated carbocycles. The molecule has 37 heavy (non-hydrogen) atoms. The summed E-state index contributed by atoms with van der Waals surface area (Å²) in [4.78, 5) is 14.2. The van der Waals surface area contributed by atoms with Gasteiger partial charge >= 0.3 is 0 Å². The molecule has 0 saturated heterocycles. The smallest absolute Gasteiger partial charge is 0.160 e. The lowest BCUT2D eigenvalue weighted by Gasteiger charge is -2.13. The van der Waals surface area contributed by atoms with Crippen LogP contribution in [0.4, 0.5) is 0 Å². The van der Waals surface area contributed by atoms with Crippen LogP contribution in [0.5, 0.6) is 0 Å². The van der Waals surface area contributed by atoms with Crippen LogP contribution in [0.1, 0.15) is 35.1 Å². The molecule has 5 aromatic rings. The van der Waals surface area contributed by atoms with Crippen molar-refractivity contribution in [3.8, 4) is 22.4 Å². The summed E-state index contributed by atoms with van der Waals surface area (Å²) in [6.07, 6.45) is 2.62. The molecule has 0 atom stereocenters. The minimum Gasteiger partial charge on any atom is -0.382 e. The van der Waals surface area contributed by atoms with Crippen LogP contribution >= 0.6 is 0 Å². The van der Waals surface area contributed by atoms with Crippen molar-refractivity contribution < 1.29 is 0 Å². The standard InChI is InChI=1S/C29H30N8/c1-4-26-34-27-18(2)15-19(3)33-29(27)37(26)17-20-8-10-21(11-9-20)24-16-22(25-7-5-6-14-32-25)12-13-23(24)28(30)35-36-31/h5-16,36H,4,17,31H2,1-3H3,(H2,30,35). The zero-order chi connectivity index (χ0) is 25.9. The SMILES string of the molecule is CCc1nc2c(C)cc(C)nc2n1Cc1ccc(-c2cc(-c3ccccn3)ccc2/C(N)=N/NN)cc1. The lowest BCUT2D eigenvalue weighted by Crippen LogP contribution is -2.23. The van der Waals surface area contributed by atoms with Crippen molar-refractivity contribution in [2.45, 2.75) is 33.7 Å². The molecule has 186 valence electrons. The van der Waals surface area contributed by atoms with Gasteiger partial charge in [0.15, 0.2) is 11.5 Å². The Morgan fingerprint density at radius 2 is 1.76 bits per heavy atom. The molecule has 0 aliphatic rings. The first-order valence-electron chi connectivity index (χ1n) is 12.3. The Bertz CT molecular complexity index is 1580. The summed E-state index contributed by atoms with van der Waals surface area (Å²) in [5.41, 5.74) is 18.4. The number of hydrazone groups is 1. The second-order valence-electron chi connectivity index (χ2n) is 9.02. The number of nitrogens with two attached hydrogens (primary N) is 2. The molecule has 0 aliphatic heterocycles. The molecule has 0 fully saturated rings. The van der Waals surface area contributed by atoms with Crippen molar-refractivity contribution in [2.24, 2.45) is 16.7 Å². The molecule has 0 aliphatic carbocycles. The number of hydrogen-bond donors (Lipinski definition) is 3. The zero-order valence-corrected chi connectivity index (χ0v) is 21.2. The van der Waals surface area contributed by atoms with E-state index in [0.29, 0.717) is 12.4 Å². The number of rotatable bonds is 7. The van der Waals surface area contributed by atoms with Gasteiger partial charge < -0.3 is 10.3 Å². The predicted molar refractivity (Wildman–Crippen MR) is 149 cm³/mol. The Labute approximate surface area is 216 Å². The van der Waals surface area contributed by atoms with Gasteiger partial charge in [-0.25, -0.2) is 21.3 Å². The van der Waals surface area contributed by atoms with Gasteiger partial charge in [0.05, 0.1) is 12.2 Å². The molecule has 2 aromatic carbocycles. The van der Waals surface area contributed by atoms with Gasteiger partial charge in [0, 0.05) is 29.4 Å². The molecular weight excluding hydrogens is 460 g/mol. The number of aromatic nitrogens is 4. The van der Waals surface area contributed by atoms with E-state index in [4.69, 9.17) is 21.5 Å². The van der Waals surface area contributed by atoms with Crippen molar-refractivity contribution in [2.75, 3.05) is 0 Å². The Morgan fingerprint density at radius 3 is 2.46 bits per heavy atom. The molecule has 3 aromatic heterocycles. The second kappa shape index (κ2) is 10.2. The fraction of sp³-hybridized carbons (Fsp3) is 0.172. The molecule has 0 spiro atoms. The Hall–Kier alpha value is -4.56. The Balaban J connectivity index is 1.54. The fourth-order valence-electron chi connectivity index (χ4n) is 4.69. The van der Waals surface area contributed by atoms with Gasteiger partial charge in [-0.2, -0.15) is 0 Å². The molecular formula is C29H30N8. The van der Waals surface area contributed by atoms with Crippen LogP contribution in [-0.2, 0) is 13.0 Å². The summed E-state index contributed by atoms with van der Waals surface area (Å²) in [6.45, 7) is 6.93. The number of amidine groups is 1. The van der Waals surface area contributed by atoms with E-state index < -0.39 is 0 Å². The number of pyridine rings is 2. The summed E-state index contributed by atoms with van der Waals surface area (Å²) in [7, 11) is 0. The van der Waals surface area contributed by atoms with Crippen LogP contribution in [0.3, 0.4) is 0 Å². The minimum atomic E-state index is 0.309. The molecule has 0 amide bonds. The maximum atomic E-state index is 6.24. The third-order valence-corrected chi connectivity index (χ3v) is 6.46. The van der Waals surface area contributed by atoms with Crippen LogP contribution in [0.15, 0.2) is 78.0 Å². The van der Waals surface area contributed by atoms with E-state index in [1.165, 1.54) is 0 Å². The number of benzene rings is 2. The lowest BCUT2D eigenvalue weighted by molar-refractivity contribution is 0.745. The van der Waals surface area contributed by atoms with Gasteiger partial charge in [-0.3, -0.25) is 4.98 Å². The maximum Gasteiger partial charge on any atom is 0.160 e. The van der Waals surface area contributed by atoms with E-state index in [1.807, 2.05) is 37.3 Å². The minimum absolute atomic E-state index is 0.309. The van der Waals surface area contributed by atoms with Gasteiger partial charge in [0.2, 0.25) is 0 Å². The number of nitrogens with zero attached hydrogens (tertiary/aromatic N) is 5. The molecule has 8 heteroatoms. The highest BCUT2D eigenvalue weighted by Crippen LogP contribution is 2.30. The summed E-state index contributed by atoms with van der Waals surface area (Å²) < 4.78 is 2.22. The maximum absolute atomic E-state index is 6.24. The van der Waals surface area contributed by atoms with E-state index in [2.05, 4.69) is 70.4 Å². The van der Waals surface area contributed by atoms with E-state index >= 15 is 0 Å². The average molecular weight is 491 g/mol. The van der Waals surface area contributed by atoms with Crippen molar-refractivity contribution in [3.63, 3.8) is 0 Å². The molecule has 0 radical (unpaired) electrons. The predicted octanol–water partition coefficient (Wildman–Crippen LogP) is 4.47. The summed E-state index contributed by atoms with van der Waals surface area (Å²) in [5.74, 6) is 6.74. The summed E-state index contributed by atoms with van der Waals surface area (Å²) in [5, 5.41) is 4.00. The molecule has 3 heterocycles. The number of imidazole rings is 1. The van der Waals surface area contributed by atoms with Gasteiger partial charge in [-0.05, 0) is 66.4 Å². The normalized spacial score (nSPS) is 11.7. The molecule has 0 bridgehead atoms. The van der Waals surface area contributed by atoms with Gasteiger partial charge in [0.1, 0.15) is 11.3 Å². The quantitative estimate of drug-likeness (QED) is 0.134. The van der Waals surface area contributed by atoms with Crippen molar-refractivity contribution in [3.05, 3.63) is 101 Å². The molecule has 8 nitrogen and oxygen atoms in total. The van der Waals surface area contributed by atoms with Crippen LogP contribution in [-0.4, -0.2) is 25.4 Å². The first kappa shape index (κ1) is 24.1. The van der Waals surface area contributed by atoms with Crippen LogP contribution in [0, 0.1) is 13.8 Å². The number of aryl methyl sites for hydroxylation is 3. The van der Waals surface area contributed by atoms with E-state index in [9.17, 15) is 0 Å².